The van der Waals surface area contributed by atoms with E-state index in [1.807, 2.05) is 0 Å². The van der Waals surface area contributed by atoms with Crippen molar-refractivity contribution >= 4 is 11.7 Å². The zero-order valence-corrected chi connectivity index (χ0v) is 6.96. The predicted octanol–water partition coefficient (Wildman–Crippen LogP) is 1.17. The molecule has 0 fully saturated rings. The van der Waals surface area contributed by atoms with Gasteiger partial charge in [0.2, 0.25) is 0 Å². The van der Waals surface area contributed by atoms with Crippen LogP contribution < -0.4 is 0 Å². The monoisotopic (exact) mass is 155 g/mol. The number of hydrogen-bond acceptors (Lipinski definition) is 3. The third kappa shape index (κ3) is 2.03. The molecule has 0 radical (unpaired) electrons. The topological polar surface area (TPSA) is 38.7 Å². The van der Waals surface area contributed by atoms with Crippen LogP contribution in [-0.2, 0) is 9.53 Å². The molecule has 0 spiro atoms. The minimum absolute atomic E-state index is 0.184. The number of aliphatic imine (C=N–C) groups is 1. The molecule has 1 aliphatic heterocycles. The Hall–Kier alpha value is -0.860. The summed E-state index contributed by atoms with van der Waals surface area (Å²) in [7, 11) is 0. The van der Waals surface area contributed by atoms with Crippen LogP contribution in [0, 0.1) is 0 Å². The molecule has 1 atom stereocenters. The first-order valence-electron chi connectivity index (χ1n) is 4.02. The van der Waals surface area contributed by atoms with Gasteiger partial charge >= 0.3 is 5.97 Å². The summed E-state index contributed by atoms with van der Waals surface area (Å²) < 4.78 is 4.79. The summed E-state index contributed by atoms with van der Waals surface area (Å²) in [6.07, 6.45) is 1.98. The Bertz CT molecular complexity index is 187. The van der Waals surface area contributed by atoms with E-state index in [0.29, 0.717) is 6.61 Å². The number of nitrogens with zero attached hydrogens (tertiary/aromatic N) is 1. The first-order valence-corrected chi connectivity index (χ1v) is 4.02. The third-order valence-electron chi connectivity index (χ3n) is 1.56. The number of hydrogen-bond donors (Lipinski definition) is 0. The van der Waals surface area contributed by atoms with Gasteiger partial charge in [0.15, 0.2) is 6.04 Å². The van der Waals surface area contributed by atoms with Gasteiger partial charge in [0.1, 0.15) is 0 Å². The normalized spacial score (nSPS) is 20.9. The third-order valence-corrected chi connectivity index (χ3v) is 1.56. The lowest BCUT2D eigenvalue weighted by atomic mass is 10.2. The van der Waals surface area contributed by atoms with Gasteiger partial charge in [-0.1, -0.05) is 13.3 Å². The molecule has 0 saturated carbocycles. The standard InChI is InChI=1S/C8H13NO2/c1-3-5-6-7(9-6)8(10)11-4-2/h7H,3-5H2,1-2H3/t7-/m1/s1. The molecule has 1 heterocycles. The Balaban J connectivity index is 2.18. The van der Waals surface area contributed by atoms with Crippen LogP contribution in [0.5, 0.6) is 0 Å². The Morgan fingerprint density at radius 2 is 2.36 bits per heavy atom. The van der Waals surface area contributed by atoms with E-state index in [0.717, 1.165) is 18.6 Å². The summed E-state index contributed by atoms with van der Waals surface area (Å²) in [4.78, 5) is 15.0. The smallest absolute Gasteiger partial charge is 0.336 e. The molecule has 0 aromatic carbocycles. The molecule has 3 heteroatoms. The van der Waals surface area contributed by atoms with Crippen LogP contribution in [0.2, 0.25) is 0 Å². The summed E-state index contributed by atoms with van der Waals surface area (Å²) in [6.45, 7) is 4.33. The fourth-order valence-corrected chi connectivity index (χ4v) is 0.996. The SMILES string of the molecule is CCCC1=N[C@H]1C(=O)OCC. The summed E-state index contributed by atoms with van der Waals surface area (Å²) in [5.74, 6) is -0.184. The van der Waals surface area contributed by atoms with Crippen molar-refractivity contribution in [3.05, 3.63) is 0 Å². The van der Waals surface area contributed by atoms with E-state index in [4.69, 9.17) is 4.74 Å². The number of ether oxygens (including phenoxy) is 1. The number of rotatable bonds is 4. The lowest BCUT2D eigenvalue weighted by Gasteiger charge is -1.97. The molecule has 0 amide bonds. The van der Waals surface area contributed by atoms with Gasteiger partial charge in [-0.2, -0.15) is 0 Å². The zero-order chi connectivity index (χ0) is 8.27. The highest BCUT2D eigenvalue weighted by atomic mass is 16.5. The Labute approximate surface area is 66.5 Å². The van der Waals surface area contributed by atoms with Crippen LogP contribution in [0.1, 0.15) is 26.7 Å². The molecule has 0 aliphatic carbocycles. The first-order chi connectivity index (χ1) is 5.29. The Morgan fingerprint density at radius 3 is 2.91 bits per heavy atom. The second-order valence-electron chi connectivity index (χ2n) is 2.53. The van der Waals surface area contributed by atoms with Crippen molar-refractivity contribution in [2.24, 2.45) is 4.99 Å². The lowest BCUT2D eigenvalue weighted by Crippen LogP contribution is -2.15. The molecule has 0 saturated heterocycles. The molecule has 11 heavy (non-hydrogen) atoms. The van der Waals surface area contributed by atoms with Crippen molar-refractivity contribution < 1.29 is 9.53 Å². The molecule has 3 nitrogen and oxygen atoms in total. The maximum atomic E-state index is 11.0. The van der Waals surface area contributed by atoms with E-state index < -0.39 is 0 Å². The molecule has 0 bridgehead atoms. The summed E-state index contributed by atoms with van der Waals surface area (Å²) >= 11 is 0. The molecular formula is C8H13NO2. The van der Waals surface area contributed by atoms with Gasteiger partial charge in [-0.05, 0) is 13.3 Å². The molecule has 62 valence electrons. The summed E-state index contributed by atoms with van der Waals surface area (Å²) in [6, 6.07) is -0.213. The van der Waals surface area contributed by atoms with Crippen LogP contribution >= 0.6 is 0 Å². The average Bonchev–Trinajstić information content (AvgIpc) is 2.69. The van der Waals surface area contributed by atoms with Crippen molar-refractivity contribution in [3.63, 3.8) is 0 Å². The van der Waals surface area contributed by atoms with Gasteiger partial charge in [-0.3, -0.25) is 4.99 Å². The van der Waals surface area contributed by atoms with Crippen LogP contribution in [0.25, 0.3) is 0 Å². The molecule has 0 aromatic heterocycles. The van der Waals surface area contributed by atoms with Gasteiger partial charge in [0.25, 0.3) is 0 Å². The van der Waals surface area contributed by atoms with Gasteiger partial charge in [0, 0.05) is 5.71 Å². The minimum Gasteiger partial charge on any atom is -0.464 e. The predicted molar refractivity (Wildman–Crippen MR) is 42.8 cm³/mol. The fourth-order valence-electron chi connectivity index (χ4n) is 0.996. The Morgan fingerprint density at radius 1 is 1.64 bits per heavy atom. The molecule has 1 rings (SSSR count). The van der Waals surface area contributed by atoms with E-state index in [9.17, 15) is 4.79 Å². The van der Waals surface area contributed by atoms with Crippen LogP contribution in [0.15, 0.2) is 4.99 Å². The largest absolute Gasteiger partial charge is 0.464 e. The summed E-state index contributed by atoms with van der Waals surface area (Å²) in [5.41, 5.74) is 1.01. The highest BCUT2D eigenvalue weighted by Crippen LogP contribution is 2.17. The van der Waals surface area contributed by atoms with Gasteiger partial charge in [-0.15, -0.1) is 0 Å². The molecule has 0 N–H and O–H groups in total. The van der Waals surface area contributed by atoms with Crippen molar-refractivity contribution in [1.82, 2.24) is 0 Å². The minimum atomic E-state index is -0.213. The van der Waals surface area contributed by atoms with E-state index in [2.05, 4.69) is 11.9 Å². The van der Waals surface area contributed by atoms with Crippen LogP contribution in [0.4, 0.5) is 0 Å². The molecular weight excluding hydrogens is 142 g/mol. The van der Waals surface area contributed by atoms with E-state index in [1.165, 1.54) is 0 Å². The summed E-state index contributed by atoms with van der Waals surface area (Å²) in [5, 5.41) is 0. The Kier molecular flexibility index (Phi) is 2.63. The second kappa shape index (κ2) is 3.51. The number of esters is 1. The number of carbonyl (C=O) groups excluding carboxylic acids is 1. The van der Waals surface area contributed by atoms with Gasteiger partial charge < -0.3 is 4.74 Å². The molecule has 1 aliphatic rings. The van der Waals surface area contributed by atoms with Crippen molar-refractivity contribution in [1.29, 1.82) is 0 Å². The van der Waals surface area contributed by atoms with E-state index in [1.54, 1.807) is 6.92 Å². The maximum Gasteiger partial charge on any atom is 0.336 e. The van der Waals surface area contributed by atoms with Crippen LogP contribution in [0.3, 0.4) is 0 Å². The second-order valence-corrected chi connectivity index (χ2v) is 2.53. The fraction of sp³-hybridized carbons (Fsp3) is 0.750. The lowest BCUT2D eigenvalue weighted by molar-refractivity contribution is -0.142. The van der Waals surface area contributed by atoms with Crippen molar-refractivity contribution in [2.45, 2.75) is 32.7 Å². The van der Waals surface area contributed by atoms with Crippen LogP contribution in [-0.4, -0.2) is 24.3 Å². The maximum absolute atomic E-state index is 11.0. The average molecular weight is 155 g/mol. The van der Waals surface area contributed by atoms with E-state index >= 15 is 0 Å². The number of carbonyl (C=O) groups is 1. The highest BCUT2D eigenvalue weighted by molar-refractivity contribution is 6.16. The van der Waals surface area contributed by atoms with Gasteiger partial charge in [-0.25, -0.2) is 4.79 Å². The highest BCUT2D eigenvalue weighted by Gasteiger charge is 2.34. The zero-order valence-electron chi connectivity index (χ0n) is 6.96. The van der Waals surface area contributed by atoms with E-state index in [-0.39, 0.29) is 12.0 Å². The molecule has 0 unspecified atom stereocenters. The quantitative estimate of drug-likeness (QED) is 0.572. The van der Waals surface area contributed by atoms with Gasteiger partial charge in [0.05, 0.1) is 6.61 Å². The van der Waals surface area contributed by atoms with Crippen molar-refractivity contribution in [2.75, 3.05) is 6.61 Å². The van der Waals surface area contributed by atoms with Crippen molar-refractivity contribution in [3.8, 4) is 0 Å². The molecule has 0 aromatic rings. The first kappa shape index (κ1) is 8.24.